The fourth-order valence-corrected chi connectivity index (χ4v) is 8.32. The van der Waals surface area contributed by atoms with Gasteiger partial charge in [-0.3, -0.25) is 38.8 Å². The summed E-state index contributed by atoms with van der Waals surface area (Å²) in [6.45, 7) is 8.11. The number of hydrogen-bond donors (Lipinski definition) is 9. The van der Waals surface area contributed by atoms with Gasteiger partial charge < -0.3 is 46.2 Å². The van der Waals surface area contributed by atoms with E-state index in [-0.39, 0.29) is 46.6 Å². The molecule has 0 aromatic heterocycles. The number of aliphatic hydroxyl groups is 2. The minimum Gasteiger partial charge on any atom is -0.392 e. The van der Waals surface area contributed by atoms with Crippen molar-refractivity contribution in [2.75, 3.05) is 78.5 Å². The molecule has 304 valence electrons. The average molecular weight is 816 g/mol. The number of piperazine rings is 2. The van der Waals surface area contributed by atoms with Gasteiger partial charge in [-0.1, -0.05) is 0 Å². The van der Waals surface area contributed by atoms with Gasteiger partial charge in [0.1, 0.15) is 24.2 Å². The maximum absolute atomic E-state index is 12.4. The molecule has 6 saturated heterocycles. The molecular weight excluding hydrogens is 758 g/mol. The van der Waals surface area contributed by atoms with E-state index < -0.39 is 32.0 Å². The van der Waals surface area contributed by atoms with Crippen LogP contribution in [0.25, 0.3) is 0 Å². The number of aliphatic hydroxyl groups excluding tert-OH is 2. The molecule has 6 aliphatic rings. The predicted octanol–water partition coefficient (Wildman–Crippen LogP) is -2.67. The first kappa shape index (κ1) is 44.0. The molecule has 0 aromatic carbocycles. The lowest BCUT2D eigenvalue weighted by Gasteiger charge is -2.38. The number of amides is 4. The van der Waals surface area contributed by atoms with Crippen LogP contribution in [0.3, 0.4) is 0 Å². The molecule has 18 nitrogen and oxygen atoms in total. The number of piperidine rings is 4. The van der Waals surface area contributed by atoms with E-state index in [1.807, 2.05) is 9.80 Å². The molecule has 0 radical (unpaired) electrons. The molecule has 6 fully saturated rings. The SMILES string of the molecule is O=C1NC(CN2CCCC(Cl)C2)C(=O)NC1CN1CCCC(Cl)C1.O=C1NC(CN2CCCC(O)C2)C(=O)NC1CN1CCCC(O)C1.O=P(O)(O)O. The molecule has 0 spiro atoms. The largest absolute Gasteiger partial charge is 0.466 e. The van der Waals surface area contributed by atoms with Crippen LogP contribution in [0.5, 0.6) is 0 Å². The molecule has 21 heteroatoms. The van der Waals surface area contributed by atoms with Gasteiger partial charge in [0.15, 0.2) is 0 Å². The number of carbonyl (C=O) groups excluding carboxylic acids is 4. The molecule has 9 N–H and O–H groups in total. The Kier molecular flexibility index (Phi) is 17.5. The molecule has 0 bridgehead atoms. The van der Waals surface area contributed by atoms with Crippen LogP contribution in [0, 0.1) is 0 Å². The Balaban J connectivity index is 0.000000210. The first-order valence-corrected chi connectivity index (χ1v) is 21.0. The van der Waals surface area contributed by atoms with Crippen molar-refractivity contribution in [3.05, 3.63) is 0 Å². The molecule has 8 atom stereocenters. The molecule has 6 aliphatic heterocycles. The van der Waals surface area contributed by atoms with Gasteiger partial charge >= 0.3 is 7.82 Å². The first-order valence-electron chi connectivity index (χ1n) is 18.6. The van der Waals surface area contributed by atoms with E-state index in [2.05, 4.69) is 31.1 Å². The number of nitrogens with one attached hydrogen (secondary N) is 4. The van der Waals surface area contributed by atoms with E-state index in [0.717, 1.165) is 90.6 Å². The Morgan fingerprint density at radius 2 is 0.755 bits per heavy atom. The molecule has 0 aliphatic carbocycles. The molecule has 0 aromatic rings. The van der Waals surface area contributed by atoms with Crippen LogP contribution < -0.4 is 21.3 Å². The number of phosphoric acid groups is 1. The van der Waals surface area contributed by atoms with E-state index in [1.165, 1.54) is 0 Å². The summed E-state index contributed by atoms with van der Waals surface area (Å²) in [5.74, 6) is -0.541. The molecule has 0 saturated carbocycles. The summed E-state index contributed by atoms with van der Waals surface area (Å²) in [6, 6.07) is -2.10. The Bertz CT molecular complexity index is 1110. The zero-order valence-corrected chi connectivity index (χ0v) is 32.4. The van der Waals surface area contributed by atoms with E-state index in [1.54, 1.807) is 0 Å². The van der Waals surface area contributed by atoms with E-state index >= 15 is 0 Å². The Hall–Kier alpha value is -1.67. The molecule has 6 rings (SSSR count). The van der Waals surface area contributed by atoms with Crippen LogP contribution in [0.15, 0.2) is 0 Å². The van der Waals surface area contributed by atoms with Gasteiger partial charge in [-0.2, -0.15) is 0 Å². The maximum Gasteiger partial charge on any atom is 0.466 e. The summed E-state index contributed by atoms with van der Waals surface area (Å²) < 4.78 is 8.88. The van der Waals surface area contributed by atoms with Crippen molar-refractivity contribution in [3.63, 3.8) is 0 Å². The number of halogens is 2. The quantitative estimate of drug-likeness (QED) is 0.0897. The highest BCUT2D eigenvalue weighted by atomic mass is 35.5. The van der Waals surface area contributed by atoms with Gasteiger partial charge in [0.25, 0.3) is 0 Å². The Labute approximate surface area is 320 Å². The van der Waals surface area contributed by atoms with E-state index in [9.17, 15) is 29.4 Å². The van der Waals surface area contributed by atoms with E-state index in [0.29, 0.717) is 39.3 Å². The zero-order valence-electron chi connectivity index (χ0n) is 30.0. The van der Waals surface area contributed by atoms with Crippen molar-refractivity contribution < 1.29 is 48.6 Å². The lowest BCUT2D eigenvalue weighted by atomic mass is 10.0. The monoisotopic (exact) mass is 814 g/mol. The number of β-amino-alcohol motifs (C(OH)–C–C–N with tert-alkyl or cyclic N) is 2. The third kappa shape index (κ3) is 15.8. The van der Waals surface area contributed by atoms with Crippen LogP contribution in [0.4, 0.5) is 0 Å². The normalized spacial score (nSPS) is 33.9. The van der Waals surface area contributed by atoms with Crippen molar-refractivity contribution in [3.8, 4) is 0 Å². The summed E-state index contributed by atoms with van der Waals surface area (Å²) in [6.07, 6.45) is 6.81. The van der Waals surface area contributed by atoms with Gasteiger partial charge in [-0.15, -0.1) is 23.2 Å². The second-order valence-electron chi connectivity index (χ2n) is 14.9. The smallest absolute Gasteiger partial charge is 0.392 e. The van der Waals surface area contributed by atoms with Crippen LogP contribution in [-0.2, 0) is 23.7 Å². The Morgan fingerprint density at radius 1 is 0.509 bits per heavy atom. The summed E-state index contributed by atoms with van der Waals surface area (Å²) in [5.41, 5.74) is 0. The van der Waals surface area contributed by atoms with Crippen LogP contribution in [0.1, 0.15) is 51.4 Å². The minimum atomic E-state index is -4.64. The second kappa shape index (κ2) is 21.0. The number of likely N-dealkylation sites (tertiary alicyclic amines) is 4. The summed E-state index contributed by atoms with van der Waals surface area (Å²) >= 11 is 12.4. The van der Waals surface area contributed by atoms with Crippen molar-refractivity contribution in [1.29, 1.82) is 0 Å². The van der Waals surface area contributed by atoms with Gasteiger partial charge in [-0.05, 0) is 77.5 Å². The minimum absolute atomic E-state index is 0.101. The lowest BCUT2D eigenvalue weighted by Crippen LogP contribution is -2.67. The molecular formula is C32H57Cl2N8O10P. The Morgan fingerprint density at radius 3 is 1.00 bits per heavy atom. The fourth-order valence-electron chi connectivity index (χ4n) is 7.62. The van der Waals surface area contributed by atoms with Crippen molar-refractivity contribution in [2.24, 2.45) is 0 Å². The number of nitrogens with zero attached hydrogens (tertiary/aromatic N) is 4. The van der Waals surface area contributed by atoms with E-state index in [4.69, 9.17) is 42.4 Å². The number of rotatable bonds is 8. The molecule has 6 heterocycles. The van der Waals surface area contributed by atoms with Crippen molar-refractivity contribution in [1.82, 2.24) is 40.9 Å². The fraction of sp³-hybridized carbons (Fsp3) is 0.875. The van der Waals surface area contributed by atoms with Crippen LogP contribution >= 0.6 is 31.0 Å². The highest BCUT2D eigenvalue weighted by Gasteiger charge is 2.38. The summed E-state index contributed by atoms with van der Waals surface area (Å²) in [5, 5.41) is 31.1. The molecule has 53 heavy (non-hydrogen) atoms. The van der Waals surface area contributed by atoms with Gasteiger partial charge in [0.2, 0.25) is 23.6 Å². The van der Waals surface area contributed by atoms with Gasteiger partial charge in [-0.25, -0.2) is 4.57 Å². The van der Waals surface area contributed by atoms with Crippen LogP contribution in [0.2, 0.25) is 0 Å². The molecule has 8 unspecified atom stereocenters. The number of carbonyl (C=O) groups is 4. The zero-order chi connectivity index (χ0) is 38.7. The number of alkyl halides is 2. The van der Waals surface area contributed by atoms with Crippen LogP contribution in [-0.4, -0.2) is 194 Å². The highest BCUT2D eigenvalue weighted by molar-refractivity contribution is 7.45. The van der Waals surface area contributed by atoms with Gasteiger partial charge in [0, 0.05) is 63.1 Å². The summed E-state index contributed by atoms with van der Waals surface area (Å²) in [4.78, 5) is 79.4. The molecule has 4 amide bonds. The highest BCUT2D eigenvalue weighted by Crippen LogP contribution is 2.26. The standard InChI is InChI=1S/C16H26Cl2N4O2.C16H28N4O4.H3O4P/c17-11-3-1-5-21(7-11)9-13-15(23)20-14(16(24)19-13)10-22-6-2-4-12(18)8-22;21-11-3-1-5-19(7-11)9-13-15(23)18-14(16(24)17-13)10-20-6-2-4-12(22)8-20;1-5(2,3)4/h11-14H,1-10H2,(H,19,24)(H,20,23);11-14,21-22H,1-10H2,(H,17,24)(H,18,23);(H3,1,2,3,4). The van der Waals surface area contributed by atoms with Crippen molar-refractivity contribution >= 4 is 54.7 Å². The third-order valence-electron chi connectivity index (χ3n) is 10.2. The predicted molar refractivity (Wildman–Crippen MR) is 196 cm³/mol. The maximum atomic E-state index is 12.4. The summed E-state index contributed by atoms with van der Waals surface area (Å²) in [7, 11) is -4.64. The topological polar surface area (TPSA) is 248 Å². The average Bonchev–Trinajstić information content (AvgIpc) is 3.05. The second-order valence-corrected chi connectivity index (χ2v) is 17.1. The first-order chi connectivity index (χ1) is 25.0. The van der Waals surface area contributed by atoms with Crippen molar-refractivity contribution in [2.45, 2.75) is 98.5 Å². The third-order valence-corrected chi connectivity index (χ3v) is 10.9. The van der Waals surface area contributed by atoms with Gasteiger partial charge in [0.05, 0.1) is 12.2 Å². The lowest BCUT2D eigenvalue weighted by molar-refractivity contribution is -0.138. The number of hydrogen-bond acceptors (Lipinski definition) is 11.